The molecule has 1 amide bonds. The van der Waals surface area contributed by atoms with Gasteiger partial charge in [-0.1, -0.05) is 16.8 Å². The molecule has 1 aliphatic heterocycles. The monoisotopic (exact) mass is 547 g/mol. The second kappa shape index (κ2) is 9.51. The van der Waals surface area contributed by atoms with Gasteiger partial charge in [0.05, 0.1) is 21.3 Å². The summed E-state index contributed by atoms with van der Waals surface area (Å²) < 4.78 is 12.8. The van der Waals surface area contributed by atoms with E-state index in [0.29, 0.717) is 26.8 Å². The highest BCUT2D eigenvalue weighted by Crippen LogP contribution is 2.35. The van der Waals surface area contributed by atoms with Crippen molar-refractivity contribution in [2.45, 2.75) is 44.3 Å². The van der Waals surface area contributed by atoms with E-state index in [4.69, 9.17) is 26.0 Å². The molecular formula is C23H22ClN5O5S2. The maximum absolute atomic E-state index is 13.4. The number of carbonyl (C=O) groups excluding carboxylic acids is 1. The van der Waals surface area contributed by atoms with Crippen LogP contribution < -0.4 is 10.1 Å². The van der Waals surface area contributed by atoms with Crippen LogP contribution in [0.25, 0.3) is 21.7 Å². The molecule has 2 aliphatic rings. The molecule has 2 N–H and O–H groups in total. The predicted octanol–water partition coefficient (Wildman–Crippen LogP) is 4.93. The van der Waals surface area contributed by atoms with Crippen molar-refractivity contribution in [2.75, 3.05) is 13.1 Å². The zero-order valence-electron chi connectivity index (χ0n) is 19.0. The lowest BCUT2D eigenvalue weighted by Crippen LogP contribution is -2.45. The van der Waals surface area contributed by atoms with E-state index in [9.17, 15) is 9.59 Å². The molecule has 188 valence electrons. The standard InChI is InChI=1S/C23H22ClN5O5S2/c24-18-4-3-17(36-18)16-9-13(27-34-16)10-29-15-11-35-22(33-23(31)32)19(15)26-20(29)21(30)25-12-5-7-28(8-6-12)14-1-2-14/h3-4,9,11-12,14H,1-2,5-8,10H2,(H,25,30)(H,31,32). The molecule has 1 saturated carbocycles. The Kier molecular flexibility index (Phi) is 6.20. The number of hydrogen-bond donors (Lipinski definition) is 2. The molecule has 0 atom stereocenters. The third-order valence-electron chi connectivity index (χ3n) is 6.48. The third-order valence-corrected chi connectivity index (χ3v) is 8.56. The minimum atomic E-state index is -1.43. The van der Waals surface area contributed by atoms with Gasteiger partial charge in [-0.25, -0.2) is 9.78 Å². The minimum absolute atomic E-state index is 0.0618. The lowest BCUT2D eigenvalue weighted by atomic mass is 10.0. The van der Waals surface area contributed by atoms with Gasteiger partial charge in [0.2, 0.25) is 10.9 Å². The summed E-state index contributed by atoms with van der Waals surface area (Å²) in [7, 11) is 0. The van der Waals surface area contributed by atoms with Gasteiger partial charge in [-0.2, -0.15) is 0 Å². The van der Waals surface area contributed by atoms with Crippen molar-refractivity contribution in [1.82, 2.24) is 24.9 Å². The number of ether oxygens (including phenoxy) is 1. The number of carbonyl (C=O) groups is 2. The summed E-state index contributed by atoms with van der Waals surface area (Å²) in [6.07, 6.45) is 2.89. The molecule has 0 unspecified atom stereocenters. The van der Waals surface area contributed by atoms with Crippen molar-refractivity contribution in [1.29, 1.82) is 0 Å². The normalized spacial score (nSPS) is 17.0. The van der Waals surface area contributed by atoms with Crippen LogP contribution in [0.2, 0.25) is 4.34 Å². The van der Waals surface area contributed by atoms with Gasteiger partial charge in [-0.05, 0) is 37.8 Å². The van der Waals surface area contributed by atoms with Crippen LogP contribution in [0.3, 0.4) is 0 Å². The average Bonchev–Trinajstić information content (AvgIpc) is 3.15. The largest absolute Gasteiger partial charge is 0.512 e. The maximum atomic E-state index is 13.4. The highest BCUT2D eigenvalue weighted by atomic mass is 35.5. The summed E-state index contributed by atoms with van der Waals surface area (Å²) in [5.41, 5.74) is 1.51. The van der Waals surface area contributed by atoms with E-state index in [-0.39, 0.29) is 29.4 Å². The molecule has 1 saturated heterocycles. The number of nitrogens with one attached hydrogen (secondary N) is 1. The SMILES string of the molecule is O=C(O)Oc1scc2c1nc(C(=O)NC1CCN(C3CC3)CC1)n2Cc1cc(-c2ccc(Cl)s2)on1. The van der Waals surface area contributed by atoms with Gasteiger partial charge >= 0.3 is 6.16 Å². The van der Waals surface area contributed by atoms with Crippen LogP contribution in [0.1, 0.15) is 42.0 Å². The van der Waals surface area contributed by atoms with Gasteiger partial charge in [0.25, 0.3) is 5.91 Å². The molecule has 13 heteroatoms. The zero-order valence-corrected chi connectivity index (χ0v) is 21.4. The summed E-state index contributed by atoms with van der Waals surface area (Å²) in [6, 6.07) is 6.22. The molecule has 0 bridgehead atoms. The first kappa shape index (κ1) is 23.5. The molecule has 0 aromatic carbocycles. The first-order chi connectivity index (χ1) is 17.4. The van der Waals surface area contributed by atoms with Crippen LogP contribution in [0.4, 0.5) is 4.79 Å². The molecule has 2 fully saturated rings. The van der Waals surface area contributed by atoms with Gasteiger partial charge in [-0.15, -0.1) is 22.7 Å². The fraction of sp³-hybridized carbons (Fsp3) is 0.391. The lowest BCUT2D eigenvalue weighted by molar-refractivity contribution is 0.0895. The predicted molar refractivity (Wildman–Crippen MR) is 135 cm³/mol. The Balaban J connectivity index is 1.27. The maximum Gasteiger partial charge on any atom is 0.512 e. The molecule has 36 heavy (non-hydrogen) atoms. The van der Waals surface area contributed by atoms with E-state index in [2.05, 4.69) is 20.4 Å². The first-order valence-electron chi connectivity index (χ1n) is 11.6. The van der Waals surface area contributed by atoms with E-state index in [1.165, 1.54) is 24.2 Å². The fourth-order valence-electron chi connectivity index (χ4n) is 4.60. The Hall–Kier alpha value is -2.93. The second-order valence-corrected chi connectivity index (χ2v) is 11.5. The highest BCUT2D eigenvalue weighted by Gasteiger charge is 2.33. The first-order valence-corrected chi connectivity index (χ1v) is 13.7. The van der Waals surface area contributed by atoms with E-state index >= 15 is 0 Å². The van der Waals surface area contributed by atoms with Gasteiger partial charge < -0.3 is 29.2 Å². The molecule has 10 nitrogen and oxygen atoms in total. The highest BCUT2D eigenvalue weighted by molar-refractivity contribution is 7.19. The minimum Gasteiger partial charge on any atom is -0.449 e. The molecule has 4 aromatic rings. The van der Waals surface area contributed by atoms with Crippen LogP contribution in [0.15, 0.2) is 28.1 Å². The van der Waals surface area contributed by atoms with Crippen LogP contribution in [0, 0.1) is 0 Å². The van der Waals surface area contributed by atoms with Crippen molar-refractivity contribution in [3.63, 3.8) is 0 Å². The Bertz CT molecular complexity index is 1430. The zero-order chi connectivity index (χ0) is 24.8. The number of rotatable bonds is 7. The smallest absolute Gasteiger partial charge is 0.449 e. The number of amides is 1. The van der Waals surface area contributed by atoms with Gasteiger partial charge in [-0.3, -0.25) is 4.79 Å². The number of imidazole rings is 1. The van der Waals surface area contributed by atoms with E-state index in [1.54, 1.807) is 22.1 Å². The van der Waals surface area contributed by atoms with Crippen molar-refractivity contribution >= 4 is 57.4 Å². The quantitative estimate of drug-likeness (QED) is 0.312. The lowest BCUT2D eigenvalue weighted by Gasteiger charge is -2.32. The Morgan fingerprint density at radius 3 is 2.75 bits per heavy atom. The second-order valence-electron chi connectivity index (χ2n) is 8.95. The van der Waals surface area contributed by atoms with Gasteiger partial charge in [0.1, 0.15) is 11.2 Å². The molecule has 4 aromatic heterocycles. The number of nitrogens with zero attached hydrogens (tertiary/aromatic N) is 4. The van der Waals surface area contributed by atoms with Crippen LogP contribution in [-0.2, 0) is 6.54 Å². The van der Waals surface area contributed by atoms with Crippen molar-refractivity contribution in [2.24, 2.45) is 0 Å². The summed E-state index contributed by atoms with van der Waals surface area (Å²) in [6.45, 7) is 2.17. The summed E-state index contributed by atoms with van der Waals surface area (Å²) >= 11 is 8.54. The number of fused-ring (bicyclic) bond motifs is 1. The number of hydrogen-bond acceptors (Lipinski definition) is 9. The molecule has 5 heterocycles. The third kappa shape index (κ3) is 4.73. The number of aromatic nitrogens is 3. The molecule has 6 rings (SSSR count). The number of piperidine rings is 1. The molecule has 0 spiro atoms. The van der Waals surface area contributed by atoms with E-state index in [0.717, 1.165) is 48.2 Å². The van der Waals surface area contributed by atoms with Crippen LogP contribution in [0.5, 0.6) is 5.06 Å². The molecule has 1 aliphatic carbocycles. The average molecular weight is 548 g/mol. The molecular weight excluding hydrogens is 526 g/mol. The van der Waals surface area contributed by atoms with E-state index < -0.39 is 6.16 Å². The van der Waals surface area contributed by atoms with Crippen LogP contribution in [-0.4, -0.2) is 61.9 Å². The number of carboxylic acid groups (broad SMARTS) is 1. The summed E-state index contributed by atoms with van der Waals surface area (Å²) in [4.78, 5) is 32.3. The number of halogens is 1. The topological polar surface area (TPSA) is 123 Å². The van der Waals surface area contributed by atoms with E-state index in [1.807, 2.05) is 6.07 Å². The Labute approximate surface area is 218 Å². The van der Waals surface area contributed by atoms with Crippen molar-refractivity contribution < 1.29 is 24.0 Å². The molecule has 0 radical (unpaired) electrons. The fourth-order valence-corrected chi connectivity index (χ4v) is 6.43. The van der Waals surface area contributed by atoms with Crippen molar-refractivity contribution in [3.05, 3.63) is 39.4 Å². The number of likely N-dealkylation sites (tertiary alicyclic amines) is 1. The Morgan fingerprint density at radius 1 is 1.25 bits per heavy atom. The van der Waals surface area contributed by atoms with Gasteiger partial charge in [0, 0.05) is 36.6 Å². The summed E-state index contributed by atoms with van der Waals surface area (Å²) in [5.74, 6) is 0.444. The Morgan fingerprint density at radius 2 is 2.06 bits per heavy atom. The van der Waals surface area contributed by atoms with Gasteiger partial charge in [0.15, 0.2) is 5.76 Å². The summed E-state index contributed by atoms with van der Waals surface area (Å²) in [5, 5.41) is 18.2. The number of thiophene rings is 2. The van der Waals surface area contributed by atoms with Crippen LogP contribution >= 0.6 is 34.3 Å². The van der Waals surface area contributed by atoms with Crippen molar-refractivity contribution in [3.8, 4) is 15.7 Å².